The van der Waals surface area contributed by atoms with E-state index >= 15 is 0 Å². The van der Waals surface area contributed by atoms with E-state index in [2.05, 4.69) is 0 Å². The van der Waals surface area contributed by atoms with Crippen LogP contribution >= 0.6 is 23.2 Å². The second kappa shape index (κ2) is 4.52. The Morgan fingerprint density at radius 2 is 2.19 bits per heavy atom. The summed E-state index contributed by atoms with van der Waals surface area (Å²) in [5.74, 6) is 0. The van der Waals surface area contributed by atoms with E-state index in [-0.39, 0.29) is 6.09 Å². The molecule has 1 amide bonds. The van der Waals surface area contributed by atoms with Gasteiger partial charge < -0.3 is 4.74 Å². The van der Waals surface area contributed by atoms with Crippen LogP contribution < -0.4 is 4.90 Å². The lowest BCUT2D eigenvalue weighted by molar-refractivity contribution is 0.178. The summed E-state index contributed by atoms with van der Waals surface area (Å²) >= 11 is 12.0. The average molecular weight is 260 g/mol. The van der Waals surface area contributed by atoms with Crippen molar-refractivity contribution in [2.45, 2.75) is 12.8 Å². The Kier molecular flexibility index (Phi) is 3.26. The molecule has 5 heteroatoms. The quantitative estimate of drug-likeness (QED) is 0.714. The van der Waals surface area contributed by atoms with Gasteiger partial charge in [-0.1, -0.05) is 23.2 Å². The van der Waals surface area contributed by atoms with Crippen molar-refractivity contribution in [3.8, 4) is 0 Å². The second-order valence-electron chi connectivity index (χ2n) is 3.62. The number of carbonyl (C=O) groups is 1. The molecule has 1 aromatic carbocycles. The van der Waals surface area contributed by atoms with Crippen LogP contribution in [0.5, 0.6) is 0 Å². The minimum absolute atomic E-state index is 0.384. The molecular weight excluding hydrogens is 249 g/mol. The summed E-state index contributed by atoms with van der Waals surface area (Å²) in [4.78, 5) is 13.1. The summed E-state index contributed by atoms with van der Waals surface area (Å²) in [5, 5.41) is 1.09. The number of carbonyl (C=O) groups excluding carboxylic acids is 1. The summed E-state index contributed by atoms with van der Waals surface area (Å²) < 4.78 is 4.73. The molecule has 0 atom stereocenters. The van der Waals surface area contributed by atoms with E-state index in [1.165, 1.54) is 7.11 Å². The Balaban J connectivity index is 2.49. The van der Waals surface area contributed by atoms with Gasteiger partial charge in [-0.2, -0.15) is 0 Å². The summed E-state index contributed by atoms with van der Waals surface area (Å²) in [6.45, 7) is 0.626. The smallest absolute Gasteiger partial charge is 0.414 e. The molecule has 1 heterocycles. The lowest BCUT2D eigenvalue weighted by Gasteiger charge is -2.29. The highest BCUT2D eigenvalue weighted by Crippen LogP contribution is 2.37. The summed E-state index contributed by atoms with van der Waals surface area (Å²) in [7, 11) is 1.36. The van der Waals surface area contributed by atoms with Crippen molar-refractivity contribution < 1.29 is 9.53 Å². The lowest BCUT2D eigenvalue weighted by Crippen LogP contribution is -2.35. The van der Waals surface area contributed by atoms with Crippen LogP contribution in [0.15, 0.2) is 12.1 Å². The zero-order chi connectivity index (χ0) is 11.7. The van der Waals surface area contributed by atoms with Crippen molar-refractivity contribution in [3.05, 3.63) is 27.7 Å². The number of anilines is 1. The van der Waals surface area contributed by atoms with Gasteiger partial charge in [-0.25, -0.2) is 4.79 Å². The van der Waals surface area contributed by atoms with Crippen LogP contribution in [0.3, 0.4) is 0 Å². The predicted octanol–water partition coefficient (Wildman–Crippen LogP) is 3.51. The molecule has 0 aliphatic carbocycles. The van der Waals surface area contributed by atoms with Crippen LogP contribution in [0.25, 0.3) is 0 Å². The van der Waals surface area contributed by atoms with Crippen LogP contribution in [-0.2, 0) is 11.2 Å². The van der Waals surface area contributed by atoms with E-state index in [4.69, 9.17) is 27.9 Å². The van der Waals surface area contributed by atoms with Gasteiger partial charge in [0, 0.05) is 11.6 Å². The highest BCUT2D eigenvalue weighted by molar-refractivity contribution is 6.37. The number of aryl methyl sites for hydroxylation is 1. The van der Waals surface area contributed by atoms with Gasteiger partial charge in [0.2, 0.25) is 0 Å². The van der Waals surface area contributed by atoms with Crippen LogP contribution in [0, 0.1) is 0 Å². The number of hydrogen-bond acceptors (Lipinski definition) is 2. The molecule has 3 nitrogen and oxygen atoms in total. The normalized spacial score (nSPS) is 14.6. The van der Waals surface area contributed by atoms with Crippen molar-refractivity contribution in [1.29, 1.82) is 0 Å². The molecule has 1 aliphatic heterocycles. The molecule has 1 aromatic rings. The molecule has 0 aromatic heterocycles. The molecule has 16 heavy (non-hydrogen) atoms. The molecule has 2 rings (SSSR count). The van der Waals surface area contributed by atoms with E-state index in [1.807, 2.05) is 6.07 Å². The van der Waals surface area contributed by atoms with Crippen LogP contribution in [0.4, 0.5) is 10.5 Å². The maximum atomic E-state index is 11.6. The number of hydrogen-bond donors (Lipinski definition) is 0. The van der Waals surface area contributed by atoms with E-state index in [1.54, 1.807) is 11.0 Å². The number of methoxy groups -OCH3 is 1. The van der Waals surface area contributed by atoms with Crippen LogP contribution in [0.1, 0.15) is 12.0 Å². The van der Waals surface area contributed by atoms with Crippen LogP contribution in [-0.4, -0.2) is 19.7 Å². The third-order valence-electron chi connectivity index (χ3n) is 2.60. The molecule has 0 radical (unpaired) electrons. The highest BCUT2D eigenvalue weighted by atomic mass is 35.5. The minimum Gasteiger partial charge on any atom is -0.452 e. The van der Waals surface area contributed by atoms with Gasteiger partial charge in [0.05, 0.1) is 17.8 Å². The summed E-state index contributed by atoms with van der Waals surface area (Å²) in [5.41, 5.74) is 1.72. The Labute approximate surface area is 104 Å². The maximum Gasteiger partial charge on any atom is 0.414 e. The third kappa shape index (κ3) is 1.97. The highest BCUT2D eigenvalue weighted by Gasteiger charge is 2.25. The SMILES string of the molecule is COC(=O)N1CCCc2cc(Cl)cc(Cl)c21. The molecule has 1 aliphatic rings. The van der Waals surface area contributed by atoms with E-state index in [0.29, 0.717) is 16.6 Å². The second-order valence-corrected chi connectivity index (χ2v) is 4.46. The minimum atomic E-state index is -0.384. The number of rotatable bonds is 0. The Hall–Kier alpha value is -0.930. The number of amides is 1. The molecule has 0 bridgehead atoms. The Bertz CT molecular complexity index is 434. The van der Waals surface area contributed by atoms with Gasteiger partial charge in [0.1, 0.15) is 0 Å². The van der Waals surface area contributed by atoms with Crippen molar-refractivity contribution in [1.82, 2.24) is 0 Å². The molecule has 0 saturated carbocycles. The zero-order valence-corrected chi connectivity index (χ0v) is 10.3. The number of halogens is 2. The third-order valence-corrected chi connectivity index (χ3v) is 3.11. The summed E-state index contributed by atoms with van der Waals surface area (Å²) in [6, 6.07) is 3.49. The van der Waals surface area contributed by atoms with Gasteiger partial charge in [-0.05, 0) is 30.5 Å². The Morgan fingerprint density at radius 1 is 1.44 bits per heavy atom. The molecule has 0 spiro atoms. The first-order valence-corrected chi connectivity index (χ1v) is 5.72. The van der Waals surface area contributed by atoms with E-state index in [9.17, 15) is 4.79 Å². The van der Waals surface area contributed by atoms with Crippen molar-refractivity contribution in [3.63, 3.8) is 0 Å². The fourth-order valence-electron chi connectivity index (χ4n) is 1.94. The topological polar surface area (TPSA) is 29.5 Å². The van der Waals surface area contributed by atoms with Gasteiger partial charge in [0.15, 0.2) is 0 Å². The van der Waals surface area contributed by atoms with Crippen molar-refractivity contribution >= 4 is 35.0 Å². The molecule has 0 unspecified atom stereocenters. The molecule has 0 fully saturated rings. The Morgan fingerprint density at radius 3 is 2.88 bits per heavy atom. The zero-order valence-electron chi connectivity index (χ0n) is 8.80. The number of ether oxygens (including phenoxy) is 1. The van der Waals surface area contributed by atoms with Gasteiger partial charge in [0.25, 0.3) is 0 Å². The number of benzene rings is 1. The average Bonchev–Trinajstić information content (AvgIpc) is 2.26. The maximum absolute atomic E-state index is 11.6. The predicted molar refractivity (Wildman–Crippen MR) is 64.5 cm³/mol. The standard InChI is InChI=1S/C11H11Cl2NO2/c1-16-11(15)14-4-2-3-7-5-8(12)6-9(13)10(7)14/h5-6H,2-4H2,1H3. The number of nitrogens with zero attached hydrogens (tertiary/aromatic N) is 1. The lowest BCUT2D eigenvalue weighted by atomic mass is 10.0. The molecule has 0 saturated heterocycles. The van der Waals surface area contributed by atoms with Crippen molar-refractivity contribution in [2.24, 2.45) is 0 Å². The van der Waals surface area contributed by atoms with Crippen LogP contribution in [0.2, 0.25) is 10.0 Å². The van der Waals surface area contributed by atoms with E-state index in [0.717, 1.165) is 24.1 Å². The largest absolute Gasteiger partial charge is 0.452 e. The summed E-state index contributed by atoms with van der Waals surface area (Å²) in [6.07, 6.45) is 1.38. The molecule has 86 valence electrons. The fourth-order valence-corrected chi connectivity index (χ4v) is 2.58. The monoisotopic (exact) mass is 259 g/mol. The molecular formula is C11H11Cl2NO2. The van der Waals surface area contributed by atoms with E-state index < -0.39 is 0 Å². The van der Waals surface area contributed by atoms with Gasteiger partial charge in [-0.3, -0.25) is 4.90 Å². The van der Waals surface area contributed by atoms with Gasteiger partial charge >= 0.3 is 6.09 Å². The first kappa shape index (κ1) is 11.6. The number of fused-ring (bicyclic) bond motifs is 1. The molecule has 0 N–H and O–H groups in total. The van der Waals surface area contributed by atoms with Gasteiger partial charge in [-0.15, -0.1) is 0 Å². The fraction of sp³-hybridized carbons (Fsp3) is 0.364. The van der Waals surface area contributed by atoms with Crippen molar-refractivity contribution in [2.75, 3.05) is 18.6 Å². The first-order chi connectivity index (χ1) is 7.63. The first-order valence-electron chi connectivity index (χ1n) is 4.97.